The summed E-state index contributed by atoms with van der Waals surface area (Å²) in [6.45, 7) is 2.53. The summed E-state index contributed by atoms with van der Waals surface area (Å²) in [6, 6.07) is 13.6. The number of aryl methyl sites for hydroxylation is 2. The van der Waals surface area contributed by atoms with Gasteiger partial charge in [0, 0.05) is 12.1 Å². The Morgan fingerprint density at radius 3 is 2.44 bits per heavy atom. The molecule has 0 aliphatic carbocycles. The Bertz CT molecular complexity index is 910. The Balaban J connectivity index is 1.89. The second-order valence-corrected chi connectivity index (χ2v) is 5.73. The second kappa shape index (κ2) is 7.25. The maximum atomic E-state index is 12.0. The number of nitrogens with zero attached hydrogens (tertiary/aromatic N) is 2. The lowest BCUT2D eigenvalue weighted by atomic mass is 10.1. The Kier molecular flexibility index (Phi) is 4.88. The maximum absolute atomic E-state index is 12.0. The normalized spacial score (nSPS) is 10.7. The van der Waals surface area contributed by atoms with Crippen molar-refractivity contribution in [1.29, 1.82) is 0 Å². The van der Waals surface area contributed by atoms with Gasteiger partial charge >= 0.3 is 5.76 Å². The molecule has 1 aromatic heterocycles. The van der Waals surface area contributed by atoms with E-state index >= 15 is 0 Å². The average molecular weight is 340 g/mol. The zero-order chi connectivity index (χ0) is 17.8. The predicted octanol–water partition coefficient (Wildman–Crippen LogP) is 3.07. The molecule has 0 amide bonds. The molecule has 3 aromatic rings. The van der Waals surface area contributed by atoms with Crippen LogP contribution < -0.4 is 15.2 Å². The van der Waals surface area contributed by atoms with Gasteiger partial charge in [-0.2, -0.15) is 0 Å². The van der Waals surface area contributed by atoms with Crippen molar-refractivity contribution in [3.8, 4) is 22.9 Å². The molecule has 6 nitrogen and oxygen atoms in total. The van der Waals surface area contributed by atoms with Gasteiger partial charge in [0.1, 0.15) is 0 Å². The van der Waals surface area contributed by atoms with Crippen LogP contribution >= 0.6 is 0 Å². The molecule has 0 aliphatic rings. The standard InChI is InChI=1S/C19H20N2O4/c1-13-4-6-14(7-5-13)10-11-21-18(20-25-19(21)22)15-8-9-16(23-2)17(12-15)24-3/h4-9,12H,10-11H2,1-3H3. The minimum atomic E-state index is -0.475. The van der Waals surface area contributed by atoms with Crippen LogP contribution in [-0.2, 0) is 13.0 Å². The molecule has 0 spiro atoms. The fraction of sp³-hybridized carbons (Fsp3) is 0.263. The van der Waals surface area contributed by atoms with Crippen LogP contribution in [0.1, 0.15) is 11.1 Å². The van der Waals surface area contributed by atoms with E-state index in [1.54, 1.807) is 26.4 Å². The molecule has 0 saturated carbocycles. The Morgan fingerprint density at radius 2 is 1.76 bits per heavy atom. The van der Waals surface area contributed by atoms with E-state index in [2.05, 4.69) is 29.4 Å². The van der Waals surface area contributed by atoms with Crippen LogP contribution in [0.3, 0.4) is 0 Å². The van der Waals surface area contributed by atoms with Gasteiger partial charge in [0.25, 0.3) is 0 Å². The summed E-state index contributed by atoms with van der Waals surface area (Å²) in [6.07, 6.45) is 0.710. The Labute approximate surface area is 145 Å². The summed E-state index contributed by atoms with van der Waals surface area (Å²) < 4.78 is 17.0. The first-order chi connectivity index (χ1) is 12.1. The number of hydrogen-bond acceptors (Lipinski definition) is 5. The fourth-order valence-corrected chi connectivity index (χ4v) is 2.64. The highest BCUT2D eigenvalue weighted by atomic mass is 16.5. The number of hydrogen-bond donors (Lipinski definition) is 0. The highest BCUT2D eigenvalue weighted by Gasteiger charge is 2.15. The zero-order valence-corrected chi connectivity index (χ0v) is 14.5. The molecule has 0 saturated heterocycles. The summed E-state index contributed by atoms with van der Waals surface area (Å²) in [5.41, 5.74) is 3.08. The SMILES string of the molecule is COc1ccc(-c2noc(=O)n2CCc2ccc(C)cc2)cc1OC. The molecule has 1 heterocycles. The summed E-state index contributed by atoms with van der Waals surface area (Å²) in [5.74, 6) is 1.18. The minimum Gasteiger partial charge on any atom is -0.493 e. The fourth-order valence-electron chi connectivity index (χ4n) is 2.64. The minimum absolute atomic E-state index is 0.470. The third kappa shape index (κ3) is 3.57. The Morgan fingerprint density at radius 1 is 1.04 bits per heavy atom. The molecular formula is C19H20N2O4. The molecule has 0 aliphatic heterocycles. The molecule has 0 fully saturated rings. The lowest BCUT2D eigenvalue weighted by molar-refractivity contribution is 0.355. The van der Waals surface area contributed by atoms with Crippen molar-refractivity contribution in [1.82, 2.24) is 9.72 Å². The van der Waals surface area contributed by atoms with Crippen molar-refractivity contribution in [2.75, 3.05) is 14.2 Å². The predicted molar refractivity (Wildman–Crippen MR) is 94.2 cm³/mol. The van der Waals surface area contributed by atoms with Gasteiger partial charge in [0.15, 0.2) is 17.3 Å². The number of methoxy groups -OCH3 is 2. The van der Waals surface area contributed by atoms with Crippen LogP contribution in [0.15, 0.2) is 51.8 Å². The number of rotatable bonds is 6. The summed E-state index contributed by atoms with van der Waals surface area (Å²) in [4.78, 5) is 12.0. The highest BCUT2D eigenvalue weighted by Crippen LogP contribution is 2.31. The van der Waals surface area contributed by atoms with Crippen LogP contribution in [0.25, 0.3) is 11.4 Å². The monoisotopic (exact) mass is 340 g/mol. The van der Waals surface area contributed by atoms with Crippen LogP contribution in [0.4, 0.5) is 0 Å². The van der Waals surface area contributed by atoms with Crippen molar-refractivity contribution < 1.29 is 14.0 Å². The van der Waals surface area contributed by atoms with Gasteiger partial charge in [-0.3, -0.25) is 9.09 Å². The number of aromatic nitrogens is 2. The number of ether oxygens (including phenoxy) is 2. The first-order valence-corrected chi connectivity index (χ1v) is 7.97. The van der Waals surface area contributed by atoms with Gasteiger partial charge < -0.3 is 9.47 Å². The van der Waals surface area contributed by atoms with E-state index in [9.17, 15) is 4.79 Å². The smallest absolute Gasteiger partial charge is 0.441 e. The lowest BCUT2D eigenvalue weighted by Crippen LogP contribution is -2.17. The van der Waals surface area contributed by atoms with Gasteiger partial charge in [0.05, 0.1) is 14.2 Å². The van der Waals surface area contributed by atoms with E-state index in [4.69, 9.17) is 14.0 Å². The highest BCUT2D eigenvalue weighted by molar-refractivity contribution is 5.61. The largest absolute Gasteiger partial charge is 0.493 e. The van der Waals surface area contributed by atoms with Crippen molar-refractivity contribution >= 4 is 0 Å². The van der Waals surface area contributed by atoms with Crippen LogP contribution in [-0.4, -0.2) is 23.9 Å². The van der Waals surface area contributed by atoms with Crippen molar-refractivity contribution in [3.63, 3.8) is 0 Å². The molecule has 0 bridgehead atoms. The van der Waals surface area contributed by atoms with Gasteiger partial charge in [0.2, 0.25) is 0 Å². The number of benzene rings is 2. The first-order valence-electron chi connectivity index (χ1n) is 7.97. The molecule has 3 rings (SSSR count). The van der Waals surface area contributed by atoms with Gasteiger partial charge in [-0.15, -0.1) is 0 Å². The third-order valence-electron chi connectivity index (χ3n) is 4.07. The molecule has 0 atom stereocenters. The van der Waals surface area contributed by atoms with Gasteiger partial charge in [-0.25, -0.2) is 4.79 Å². The van der Waals surface area contributed by atoms with E-state index in [0.717, 1.165) is 11.1 Å². The average Bonchev–Trinajstić information content (AvgIpc) is 3.01. The van der Waals surface area contributed by atoms with E-state index in [-0.39, 0.29) is 0 Å². The molecular weight excluding hydrogens is 320 g/mol. The summed E-state index contributed by atoms with van der Waals surface area (Å²) >= 11 is 0. The molecule has 2 aromatic carbocycles. The maximum Gasteiger partial charge on any atom is 0.441 e. The van der Waals surface area contributed by atoms with Crippen LogP contribution in [0.2, 0.25) is 0 Å². The second-order valence-electron chi connectivity index (χ2n) is 5.73. The Hall–Kier alpha value is -3.02. The van der Waals surface area contributed by atoms with Gasteiger partial charge in [-0.05, 0) is 37.1 Å². The molecule has 0 N–H and O–H groups in total. The molecule has 0 unspecified atom stereocenters. The molecule has 0 radical (unpaired) electrons. The molecule has 25 heavy (non-hydrogen) atoms. The molecule has 6 heteroatoms. The van der Waals surface area contributed by atoms with Crippen molar-refractivity contribution in [2.24, 2.45) is 0 Å². The van der Waals surface area contributed by atoms with E-state index in [0.29, 0.717) is 30.3 Å². The van der Waals surface area contributed by atoms with Crippen molar-refractivity contribution in [2.45, 2.75) is 19.9 Å². The summed E-state index contributed by atoms with van der Waals surface area (Å²) in [7, 11) is 3.14. The van der Waals surface area contributed by atoms with E-state index < -0.39 is 5.76 Å². The lowest BCUT2D eigenvalue weighted by Gasteiger charge is -2.10. The zero-order valence-electron chi connectivity index (χ0n) is 14.5. The summed E-state index contributed by atoms with van der Waals surface area (Å²) in [5, 5.41) is 3.92. The van der Waals surface area contributed by atoms with Crippen LogP contribution in [0.5, 0.6) is 11.5 Å². The van der Waals surface area contributed by atoms with Crippen molar-refractivity contribution in [3.05, 3.63) is 64.1 Å². The van der Waals surface area contributed by atoms with E-state index in [1.165, 1.54) is 10.1 Å². The van der Waals surface area contributed by atoms with E-state index in [1.807, 2.05) is 13.0 Å². The quantitative estimate of drug-likeness (QED) is 0.690. The first kappa shape index (κ1) is 16.8. The van der Waals surface area contributed by atoms with Crippen LogP contribution in [0, 0.1) is 6.92 Å². The van der Waals surface area contributed by atoms with Gasteiger partial charge in [-0.1, -0.05) is 35.0 Å². The molecule has 130 valence electrons. The topological polar surface area (TPSA) is 66.5 Å². The third-order valence-corrected chi connectivity index (χ3v) is 4.07.